The van der Waals surface area contributed by atoms with Gasteiger partial charge in [0, 0.05) is 22.4 Å². The molecule has 4 N–H and O–H groups in total. The molecule has 0 aliphatic carbocycles. The van der Waals surface area contributed by atoms with Crippen LogP contribution in [0.3, 0.4) is 0 Å². The molecule has 27 heavy (non-hydrogen) atoms. The number of nitrogens with zero attached hydrogens (tertiary/aromatic N) is 1. The van der Waals surface area contributed by atoms with Gasteiger partial charge >= 0.3 is 0 Å². The Morgan fingerprint density at radius 1 is 1.26 bits per heavy atom. The minimum Gasteiger partial charge on any atom is -0.366 e. The van der Waals surface area contributed by atoms with Gasteiger partial charge in [-0.2, -0.15) is 0 Å². The lowest BCUT2D eigenvalue weighted by atomic mass is 10.1. The van der Waals surface area contributed by atoms with Crippen molar-refractivity contribution in [1.82, 2.24) is 4.72 Å². The number of nitrogens with one attached hydrogen (secondary N) is 2. The van der Waals surface area contributed by atoms with E-state index in [1.165, 1.54) is 19.1 Å². The average molecular weight is 390 g/mol. The molecule has 0 saturated heterocycles. The molecule has 1 aliphatic heterocycles. The van der Waals surface area contributed by atoms with Crippen LogP contribution in [-0.4, -0.2) is 32.6 Å². The molecule has 3 rings (SSSR count). The predicted molar refractivity (Wildman–Crippen MR) is 96.5 cm³/mol. The fourth-order valence-corrected chi connectivity index (χ4v) is 3.79. The van der Waals surface area contributed by atoms with Crippen molar-refractivity contribution < 1.29 is 22.4 Å². The Balaban J connectivity index is 1.80. The number of fused-ring (bicyclic) bond motifs is 1. The summed E-state index contributed by atoms with van der Waals surface area (Å²) < 4.78 is 40.2. The van der Waals surface area contributed by atoms with Gasteiger partial charge in [0.25, 0.3) is 10.0 Å². The van der Waals surface area contributed by atoms with Crippen LogP contribution in [0.2, 0.25) is 0 Å². The van der Waals surface area contributed by atoms with Crippen LogP contribution in [0, 0.1) is 12.7 Å². The number of amides is 2. The number of amidine groups is 1. The van der Waals surface area contributed by atoms with E-state index in [0.717, 1.165) is 6.07 Å². The average Bonchev–Trinajstić information content (AvgIpc) is 2.88. The van der Waals surface area contributed by atoms with Crippen molar-refractivity contribution in [2.45, 2.75) is 11.8 Å². The highest BCUT2D eigenvalue weighted by molar-refractivity contribution is 7.90. The maximum absolute atomic E-state index is 13.9. The summed E-state index contributed by atoms with van der Waals surface area (Å²) in [7, 11) is -3.70. The summed E-state index contributed by atoms with van der Waals surface area (Å²) in [6.45, 7) is 1.02. The molecule has 8 nitrogen and oxygen atoms in total. The third kappa shape index (κ3) is 3.65. The van der Waals surface area contributed by atoms with Gasteiger partial charge in [0.1, 0.15) is 18.2 Å². The van der Waals surface area contributed by atoms with E-state index >= 15 is 0 Å². The summed E-state index contributed by atoms with van der Waals surface area (Å²) in [4.78, 5) is 27.5. The molecule has 2 amide bonds. The van der Waals surface area contributed by atoms with Crippen LogP contribution in [-0.2, 0) is 14.8 Å². The number of aliphatic imine (C=N–C) groups is 1. The molecular weight excluding hydrogens is 375 g/mol. The first-order valence-electron chi connectivity index (χ1n) is 7.75. The summed E-state index contributed by atoms with van der Waals surface area (Å²) in [6.07, 6.45) is 0. The fourth-order valence-electron chi connectivity index (χ4n) is 2.54. The van der Waals surface area contributed by atoms with Crippen molar-refractivity contribution >= 4 is 33.4 Å². The van der Waals surface area contributed by atoms with Crippen molar-refractivity contribution in [3.8, 4) is 0 Å². The normalized spacial score (nSPS) is 15.9. The molecule has 1 aliphatic rings. The van der Waals surface area contributed by atoms with E-state index in [1.807, 2.05) is 0 Å². The smallest absolute Gasteiger partial charge is 0.263 e. The molecule has 0 spiro atoms. The topological polar surface area (TPSA) is 131 Å². The van der Waals surface area contributed by atoms with Crippen LogP contribution in [0.5, 0.6) is 0 Å². The van der Waals surface area contributed by atoms with Crippen molar-refractivity contribution in [2.75, 3.05) is 11.9 Å². The molecule has 0 bridgehead atoms. The molecule has 1 heterocycles. The maximum atomic E-state index is 13.9. The van der Waals surface area contributed by atoms with Crippen molar-refractivity contribution in [3.05, 3.63) is 58.9 Å². The number of sulfonamides is 1. The molecule has 2 aromatic carbocycles. The quantitative estimate of drug-likeness (QED) is 0.716. The van der Waals surface area contributed by atoms with E-state index in [4.69, 9.17) is 5.73 Å². The van der Waals surface area contributed by atoms with Crippen molar-refractivity contribution in [2.24, 2.45) is 10.7 Å². The number of anilines is 1. The molecular formula is C17H15FN4O4S. The fraction of sp³-hybridized carbons (Fsp3) is 0.118. The van der Waals surface area contributed by atoms with E-state index in [0.29, 0.717) is 5.56 Å². The first-order chi connectivity index (χ1) is 12.7. The number of rotatable bonds is 4. The van der Waals surface area contributed by atoms with Gasteiger partial charge in [0.05, 0.1) is 4.90 Å². The third-order valence-electron chi connectivity index (χ3n) is 3.95. The Hall–Kier alpha value is -3.27. The second-order valence-electron chi connectivity index (χ2n) is 5.81. The van der Waals surface area contributed by atoms with Gasteiger partial charge in [-0.15, -0.1) is 0 Å². The van der Waals surface area contributed by atoms with Gasteiger partial charge < -0.3 is 11.1 Å². The molecule has 140 valence electrons. The number of carbonyl (C=O) groups is 2. The largest absolute Gasteiger partial charge is 0.366 e. The van der Waals surface area contributed by atoms with Crippen LogP contribution >= 0.6 is 0 Å². The number of benzene rings is 2. The zero-order valence-electron chi connectivity index (χ0n) is 14.1. The van der Waals surface area contributed by atoms with Crippen LogP contribution in [0.15, 0.2) is 46.3 Å². The number of hydrogen-bond donors (Lipinski definition) is 3. The number of hydrogen-bond acceptors (Lipinski definition) is 5. The van der Waals surface area contributed by atoms with Crippen LogP contribution < -0.4 is 15.8 Å². The Morgan fingerprint density at radius 2 is 1.96 bits per heavy atom. The minimum absolute atomic E-state index is 0.0505. The van der Waals surface area contributed by atoms with Gasteiger partial charge in [0.2, 0.25) is 11.8 Å². The zero-order chi connectivity index (χ0) is 19.8. The highest BCUT2D eigenvalue weighted by Crippen LogP contribution is 2.23. The van der Waals surface area contributed by atoms with Gasteiger partial charge in [-0.25, -0.2) is 12.8 Å². The Bertz CT molecular complexity index is 1100. The van der Waals surface area contributed by atoms with E-state index < -0.39 is 34.2 Å². The zero-order valence-corrected chi connectivity index (χ0v) is 14.9. The van der Waals surface area contributed by atoms with E-state index in [2.05, 4.69) is 15.0 Å². The second-order valence-corrected chi connectivity index (χ2v) is 7.46. The Labute approximate surface area is 154 Å². The lowest BCUT2D eigenvalue weighted by Crippen LogP contribution is -2.24. The molecule has 0 fully saturated rings. The summed E-state index contributed by atoms with van der Waals surface area (Å²) in [6, 6.07) is 8.48. The second kappa shape index (κ2) is 6.80. The number of carbonyl (C=O) groups excluding carboxylic acids is 2. The monoisotopic (exact) mass is 390 g/mol. The number of primary amides is 1. The molecule has 10 heteroatoms. The molecule has 0 unspecified atom stereocenters. The molecule has 0 aromatic heterocycles. The van der Waals surface area contributed by atoms with Crippen LogP contribution in [0.25, 0.3) is 0 Å². The standard InChI is InChI=1S/C17H15FN4O4S/c1-9-12(18)6-10(16(19)24)7-13(9)21-15(23)8-20-17-11-4-2-3-5-14(11)27(25,26)22-17/h2-7H,8H2,1H3,(H2,19,24)(H,20,22)(H,21,23). The lowest BCUT2D eigenvalue weighted by Gasteiger charge is -2.10. The maximum Gasteiger partial charge on any atom is 0.263 e. The van der Waals surface area contributed by atoms with Gasteiger partial charge in [-0.1, -0.05) is 12.1 Å². The van der Waals surface area contributed by atoms with Gasteiger partial charge in [-0.3, -0.25) is 19.3 Å². The SMILES string of the molecule is Cc1c(F)cc(C(N)=O)cc1NC(=O)CN=C1NS(=O)(=O)c2ccccc21. The molecule has 0 atom stereocenters. The lowest BCUT2D eigenvalue weighted by molar-refractivity contribution is -0.114. The van der Waals surface area contributed by atoms with E-state index in [-0.39, 0.29) is 27.5 Å². The highest BCUT2D eigenvalue weighted by atomic mass is 32.2. The first kappa shape index (κ1) is 18.5. The van der Waals surface area contributed by atoms with Gasteiger partial charge in [-0.05, 0) is 31.2 Å². The number of nitrogens with two attached hydrogens (primary N) is 1. The molecule has 2 aromatic rings. The first-order valence-corrected chi connectivity index (χ1v) is 9.24. The molecule has 0 radical (unpaired) electrons. The molecule has 0 saturated carbocycles. The predicted octanol–water partition coefficient (Wildman–Crippen LogP) is 0.910. The minimum atomic E-state index is -3.70. The third-order valence-corrected chi connectivity index (χ3v) is 5.34. The highest BCUT2D eigenvalue weighted by Gasteiger charge is 2.30. The van der Waals surface area contributed by atoms with Crippen molar-refractivity contribution in [1.29, 1.82) is 0 Å². The van der Waals surface area contributed by atoms with Gasteiger partial charge in [0.15, 0.2) is 0 Å². The summed E-state index contributed by atoms with van der Waals surface area (Å²) in [5, 5.41) is 2.44. The van der Waals surface area contributed by atoms with Crippen LogP contribution in [0.1, 0.15) is 21.5 Å². The summed E-state index contributed by atoms with van der Waals surface area (Å²) in [5.74, 6) is -2.09. The Kier molecular flexibility index (Phi) is 4.66. The number of halogens is 1. The Morgan fingerprint density at radius 3 is 2.67 bits per heavy atom. The van der Waals surface area contributed by atoms with E-state index in [9.17, 15) is 22.4 Å². The summed E-state index contributed by atoms with van der Waals surface area (Å²) in [5.41, 5.74) is 5.63. The van der Waals surface area contributed by atoms with Crippen molar-refractivity contribution in [3.63, 3.8) is 0 Å². The van der Waals surface area contributed by atoms with Crippen LogP contribution in [0.4, 0.5) is 10.1 Å². The van der Waals surface area contributed by atoms with E-state index in [1.54, 1.807) is 18.2 Å². The summed E-state index contributed by atoms with van der Waals surface area (Å²) >= 11 is 0.